The number of benzene rings is 2. The Kier molecular flexibility index (Phi) is 6.12. The Hall–Kier alpha value is -3.01. The number of methoxy groups -OCH3 is 2. The van der Waals surface area contributed by atoms with Crippen LogP contribution in [0.2, 0.25) is 0 Å². The van der Waals surface area contributed by atoms with Crippen molar-refractivity contribution in [3.8, 4) is 17.2 Å². The number of hydrogen-bond donors (Lipinski definition) is 0. The van der Waals surface area contributed by atoms with Crippen molar-refractivity contribution in [1.29, 1.82) is 0 Å². The Balaban J connectivity index is 2.04. The van der Waals surface area contributed by atoms with Gasteiger partial charge in [0.2, 0.25) is 5.75 Å². The topological polar surface area (TPSA) is 44.8 Å². The van der Waals surface area contributed by atoms with Gasteiger partial charge >= 0.3 is 0 Å². The van der Waals surface area contributed by atoms with Gasteiger partial charge in [0.25, 0.3) is 0 Å². The minimum atomic E-state index is -0.292. The first-order valence-electron chi connectivity index (χ1n) is 9.71. The van der Waals surface area contributed by atoms with Crippen LogP contribution < -0.4 is 14.2 Å². The molecule has 0 spiro atoms. The van der Waals surface area contributed by atoms with Crippen LogP contribution in [-0.2, 0) is 6.61 Å². The maximum Gasteiger partial charge on any atom is 0.204 e. The molecule has 0 saturated carbocycles. The summed E-state index contributed by atoms with van der Waals surface area (Å²) in [7, 11) is 3.13. The summed E-state index contributed by atoms with van der Waals surface area (Å²) in [5.74, 6) is 1.11. The molecule has 0 N–H and O–H groups in total. The molecule has 1 unspecified atom stereocenters. The van der Waals surface area contributed by atoms with Gasteiger partial charge in [-0.1, -0.05) is 68.0 Å². The molecule has 2 aromatic rings. The van der Waals surface area contributed by atoms with Gasteiger partial charge < -0.3 is 14.2 Å². The predicted octanol–water partition coefficient (Wildman–Crippen LogP) is 5.62. The van der Waals surface area contributed by atoms with E-state index in [1.165, 1.54) is 0 Å². The smallest absolute Gasteiger partial charge is 0.204 e. The lowest BCUT2D eigenvalue weighted by molar-refractivity contribution is 0.0871. The van der Waals surface area contributed by atoms with Gasteiger partial charge in [0.05, 0.1) is 25.7 Å². The predicted molar refractivity (Wildman–Crippen MR) is 115 cm³/mol. The van der Waals surface area contributed by atoms with Crippen LogP contribution in [0, 0.1) is 11.3 Å². The molecule has 2 aromatic carbocycles. The highest BCUT2D eigenvalue weighted by atomic mass is 16.5. The minimum Gasteiger partial charge on any atom is -0.493 e. The Morgan fingerprint density at radius 1 is 1.00 bits per heavy atom. The van der Waals surface area contributed by atoms with Crippen molar-refractivity contribution in [1.82, 2.24) is 0 Å². The quantitative estimate of drug-likeness (QED) is 0.573. The van der Waals surface area contributed by atoms with E-state index in [0.29, 0.717) is 29.4 Å². The summed E-state index contributed by atoms with van der Waals surface area (Å²) < 4.78 is 17.2. The van der Waals surface area contributed by atoms with E-state index < -0.39 is 0 Å². The molecular formula is C25H28O4. The van der Waals surface area contributed by atoms with E-state index in [0.717, 1.165) is 11.1 Å². The third kappa shape index (κ3) is 4.21. The van der Waals surface area contributed by atoms with E-state index in [-0.39, 0.29) is 17.1 Å². The third-order valence-corrected chi connectivity index (χ3v) is 5.34. The third-order valence-electron chi connectivity index (χ3n) is 5.34. The summed E-state index contributed by atoms with van der Waals surface area (Å²) in [6.07, 6.45) is 6.09. The fraction of sp³-hybridized carbons (Fsp3) is 0.320. The number of carbonyl (C=O) groups excluding carboxylic acids is 1. The molecule has 0 aromatic heterocycles. The molecule has 29 heavy (non-hydrogen) atoms. The number of hydrogen-bond acceptors (Lipinski definition) is 4. The SMILES string of the molecule is COc1ccc(C(=O)C2C(C)=CC=CC2(C)C)c(OCc2ccccc2)c1OC. The minimum absolute atomic E-state index is 0.0112. The molecule has 4 nitrogen and oxygen atoms in total. The molecule has 0 radical (unpaired) electrons. The van der Waals surface area contributed by atoms with Crippen LogP contribution in [0.25, 0.3) is 0 Å². The molecule has 3 rings (SSSR count). The summed E-state index contributed by atoms with van der Waals surface area (Å²) in [4.78, 5) is 13.7. The lowest BCUT2D eigenvalue weighted by Crippen LogP contribution is -2.32. The Morgan fingerprint density at radius 3 is 2.34 bits per heavy atom. The normalized spacial score (nSPS) is 17.4. The first-order valence-corrected chi connectivity index (χ1v) is 9.71. The maximum absolute atomic E-state index is 13.7. The fourth-order valence-electron chi connectivity index (χ4n) is 3.89. The van der Waals surface area contributed by atoms with E-state index in [1.54, 1.807) is 26.4 Å². The second-order valence-electron chi connectivity index (χ2n) is 7.84. The molecule has 1 aliphatic carbocycles. The van der Waals surface area contributed by atoms with Gasteiger partial charge in [0, 0.05) is 0 Å². The lowest BCUT2D eigenvalue weighted by atomic mass is 9.69. The molecule has 0 fully saturated rings. The van der Waals surface area contributed by atoms with Crippen LogP contribution in [0.5, 0.6) is 17.2 Å². The second-order valence-corrected chi connectivity index (χ2v) is 7.84. The average Bonchev–Trinajstić information content (AvgIpc) is 2.71. The van der Waals surface area contributed by atoms with Gasteiger partial charge in [-0.05, 0) is 30.0 Å². The average molecular weight is 392 g/mol. The molecule has 0 heterocycles. The van der Waals surface area contributed by atoms with Crippen molar-refractivity contribution in [3.05, 3.63) is 77.4 Å². The van der Waals surface area contributed by atoms with Crippen LogP contribution in [0.15, 0.2) is 66.3 Å². The molecule has 0 aliphatic heterocycles. The van der Waals surface area contributed by atoms with Crippen molar-refractivity contribution in [2.24, 2.45) is 11.3 Å². The van der Waals surface area contributed by atoms with Crippen molar-refractivity contribution < 1.29 is 19.0 Å². The highest BCUT2D eigenvalue weighted by molar-refractivity contribution is 6.03. The van der Waals surface area contributed by atoms with Gasteiger partial charge in [-0.25, -0.2) is 0 Å². The van der Waals surface area contributed by atoms with E-state index >= 15 is 0 Å². The van der Waals surface area contributed by atoms with Gasteiger partial charge in [-0.3, -0.25) is 4.79 Å². The van der Waals surface area contributed by atoms with E-state index in [2.05, 4.69) is 19.9 Å². The van der Waals surface area contributed by atoms with Gasteiger partial charge in [0.1, 0.15) is 6.61 Å². The first kappa shape index (κ1) is 20.7. The molecule has 4 heteroatoms. The van der Waals surface area contributed by atoms with E-state index in [1.807, 2.05) is 49.4 Å². The maximum atomic E-state index is 13.7. The fourth-order valence-corrected chi connectivity index (χ4v) is 3.89. The number of carbonyl (C=O) groups is 1. The van der Waals surface area contributed by atoms with Crippen LogP contribution >= 0.6 is 0 Å². The largest absolute Gasteiger partial charge is 0.493 e. The number of allylic oxidation sites excluding steroid dienone is 4. The monoisotopic (exact) mass is 392 g/mol. The zero-order chi connectivity index (χ0) is 21.0. The summed E-state index contributed by atoms with van der Waals surface area (Å²) in [5.41, 5.74) is 2.25. The van der Waals surface area contributed by atoms with Crippen molar-refractivity contribution >= 4 is 5.78 Å². The molecule has 0 amide bonds. The number of ether oxygens (including phenoxy) is 3. The number of Topliss-reactive ketones (excluding diaryl/α,β-unsaturated/α-hetero) is 1. The molecule has 1 aliphatic rings. The zero-order valence-electron chi connectivity index (χ0n) is 17.7. The number of ketones is 1. The molecule has 152 valence electrons. The summed E-state index contributed by atoms with van der Waals surface area (Å²) >= 11 is 0. The molecule has 0 bridgehead atoms. The standard InChI is InChI=1S/C25H28O4/c1-17-10-9-15-25(2,3)21(17)22(26)19-13-14-20(27-4)24(28-5)23(19)29-16-18-11-7-6-8-12-18/h6-15,21H,16H2,1-5H3. The lowest BCUT2D eigenvalue weighted by Gasteiger charge is -2.34. The zero-order valence-corrected chi connectivity index (χ0v) is 17.7. The van der Waals surface area contributed by atoms with Crippen molar-refractivity contribution in [2.45, 2.75) is 27.4 Å². The Bertz CT molecular complexity index is 939. The van der Waals surface area contributed by atoms with Crippen LogP contribution in [0.1, 0.15) is 36.7 Å². The second kappa shape index (κ2) is 8.56. The summed E-state index contributed by atoms with van der Waals surface area (Å²) in [5, 5.41) is 0. The number of rotatable bonds is 7. The van der Waals surface area contributed by atoms with Crippen LogP contribution in [0.4, 0.5) is 0 Å². The summed E-state index contributed by atoms with van der Waals surface area (Å²) in [6, 6.07) is 13.4. The first-order chi connectivity index (χ1) is 13.9. The van der Waals surface area contributed by atoms with E-state index in [4.69, 9.17) is 14.2 Å². The van der Waals surface area contributed by atoms with Gasteiger partial charge in [-0.15, -0.1) is 0 Å². The van der Waals surface area contributed by atoms with E-state index in [9.17, 15) is 4.79 Å². The summed E-state index contributed by atoms with van der Waals surface area (Å²) in [6.45, 7) is 6.48. The highest BCUT2D eigenvalue weighted by Crippen LogP contribution is 2.45. The molecular weight excluding hydrogens is 364 g/mol. The highest BCUT2D eigenvalue weighted by Gasteiger charge is 2.38. The van der Waals surface area contributed by atoms with Crippen molar-refractivity contribution in [2.75, 3.05) is 14.2 Å². The van der Waals surface area contributed by atoms with Gasteiger partial charge in [0.15, 0.2) is 17.3 Å². The molecule has 1 atom stereocenters. The Morgan fingerprint density at radius 2 is 1.72 bits per heavy atom. The van der Waals surface area contributed by atoms with Crippen molar-refractivity contribution in [3.63, 3.8) is 0 Å². The van der Waals surface area contributed by atoms with Crippen LogP contribution in [-0.4, -0.2) is 20.0 Å². The molecule has 0 saturated heterocycles. The Labute approximate surface area is 172 Å². The van der Waals surface area contributed by atoms with Crippen LogP contribution in [0.3, 0.4) is 0 Å². The van der Waals surface area contributed by atoms with Gasteiger partial charge in [-0.2, -0.15) is 0 Å².